The van der Waals surface area contributed by atoms with Crippen molar-refractivity contribution >= 4 is 11.1 Å². The molecule has 0 saturated heterocycles. The second-order valence-electron chi connectivity index (χ2n) is 9.17. The second kappa shape index (κ2) is 11.1. The highest BCUT2D eigenvalue weighted by Gasteiger charge is 2.33. The van der Waals surface area contributed by atoms with Crippen LogP contribution in [-0.4, -0.2) is 39.7 Å². The fourth-order valence-electron chi connectivity index (χ4n) is 4.37. The Balaban J connectivity index is 1.68. The average molecular weight is 603 g/mol. The molecule has 1 unspecified atom stereocenters. The molecule has 5 aromatic rings. The van der Waals surface area contributed by atoms with Crippen LogP contribution in [0.3, 0.4) is 0 Å². The van der Waals surface area contributed by atoms with Crippen LogP contribution in [0.25, 0.3) is 33.8 Å². The minimum atomic E-state index is -4.85. The molecule has 5 rings (SSSR count). The van der Waals surface area contributed by atoms with Crippen LogP contribution in [0.15, 0.2) is 84.0 Å². The standard InChI is InChI=1S/C28H22F5N5O3S/c1-3-27(29,30)26-16-37(17(2)35-26)23-12-9-20(19-5-4-6-22(13-19)42(39)40)14-24(23)38-25(15-34-36-38)18-7-10-21(11-8-18)41-28(31,32)33/h4-16H,3H2,1-2H3,(H,39,40)/p-1. The van der Waals surface area contributed by atoms with E-state index >= 15 is 0 Å². The molecule has 0 spiro atoms. The smallest absolute Gasteiger partial charge is 0.573 e. The minimum Gasteiger partial charge on any atom is -0.768 e. The van der Waals surface area contributed by atoms with Crippen molar-refractivity contribution in [1.82, 2.24) is 24.5 Å². The molecule has 0 aliphatic carbocycles. The number of halogens is 5. The molecule has 8 nitrogen and oxygen atoms in total. The third-order valence-electron chi connectivity index (χ3n) is 6.46. The number of benzene rings is 3. The van der Waals surface area contributed by atoms with Crippen LogP contribution >= 0.6 is 0 Å². The summed E-state index contributed by atoms with van der Waals surface area (Å²) in [6.45, 7) is 2.92. The van der Waals surface area contributed by atoms with E-state index in [4.69, 9.17) is 0 Å². The van der Waals surface area contributed by atoms with Gasteiger partial charge in [-0.3, -0.25) is 4.21 Å². The number of nitrogens with zero attached hydrogens (tertiary/aromatic N) is 5. The Morgan fingerprint density at radius 1 is 0.929 bits per heavy atom. The number of alkyl halides is 5. The van der Waals surface area contributed by atoms with Crippen molar-refractivity contribution in [2.24, 2.45) is 0 Å². The van der Waals surface area contributed by atoms with Crippen LogP contribution in [0.1, 0.15) is 24.9 Å². The lowest BCUT2D eigenvalue weighted by molar-refractivity contribution is -0.274. The maximum atomic E-state index is 14.5. The van der Waals surface area contributed by atoms with E-state index in [-0.39, 0.29) is 10.7 Å². The predicted molar refractivity (Wildman–Crippen MR) is 142 cm³/mol. The fourth-order valence-corrected chi connectivity index (χ4v) is 4.78. The largest absolute Gasteiger partial charge is 0.768 e. The van der Waals surface area contributed by atoms with Gasteiger partial charge in [-0.2, -0.15) is 8.78 Å². The molecule has 0 N–H and O–H groups in total. The van der Waals surface area contributed by atoms with E-state index in [1.807, 2.05) is 0 Å². The molecule has 42 heavy (non-hydrogen) atoms. The Hall–Kier alpha value is -4.43. The maximum Gasteiger partial charge on any atom is 0.573 e. The molecule has 0 aliphatic heterocycles. The highest BCUT2D eigenvalue weighted by atomic mass is 32.2. The number of imidazole rings is 1. The van der Waals surface area contributed by atoms with Gasteiger partial charge in [-0.05, 0) is 77.7 Å². The Bertz CT molecular complexity index is 1770. The number of hydrogen-bond acceptors (Lipinski definition) is 6. The van der Waals surface area contributed by atoms with E-state index < -0.39 is 41.2 Å². The Kier molecular flexibility index (Phi) is 7.68. The molecule has 0 saturated carbocycles. The summed E-state index contributed by atoms with van der Waals surface area (Å²) in [5.74, 6) is -3.31. The molecule has 0 bridgehead atoms. The Morgan fingerprint density at radius 3 is 2.29 bits per heavy atom. The van der Waals surface area contributed by atoms with Crippen molar-refractivity contribution in [2.45, 2.75) is 37.4 Å². The first kappa shape index (κ1) is 29.1. The summed E-state index contributed by atoms with van der Waals surface area (Å²) < 4.78 is 97.0. The summed E-state index contributed by atoms with van der Waals surface area (Å²) >= 11 is -2.47. The molecule has 0 amide bonds. The van der Waals surface area contributed by atoms with Crippen LogP contribution in [0.4, 0.5) is 22.0 Å². The molecule has 2 aromatic heterocycles. The van der Waals surface area contributed by atoms with E-state index in [1.54, 1.807) is 37.3 Å². The van der Waals surface area contributed by atoms with Crippen LogP contribution in [0.2, 0.25) is 0 Å². The maximum absolute atomic E-state index is 14.5. The lowest BCUT2D eigenvalue weighted by Crippen LogP contribution is -2.16. The Morgan fingerprint density at radius 2 is 1.62 bits per heavy atom. The molecular weight excluding hydrogens is 581 g/mol. The number of rotatable bonds is 8. The third kappa shape index (κ3) is 5.94. The van der Waals surface area contributed by atoms with E-state index in [1.165, 1.54) is 52.8 Å². The van der Waals surface area contributed by atoms with E-state index in [2.05, 4.69) is 20.0 Å². The van der Waals surface area contributed by atoms with Crippen LogP contribution in [0.5, 0.6) is 5.75 Å². The monoisotopic (exact) mass is 602 g/mol. The number of aryl methyl sites for hydroxylation is 1. The van der Waals surface area contributed by atoms with E-state index in [0.717, 1.165) is 12.1 Å². The quantitative estimate of drug-likeness (QED) is 0.144. The molecule has 1 atom stereocenters. The normalized spacial score (nSPS) is 12.9. The van der Waals surface area contributed by atoms with E-state index in [0.29, 0.717) is 33.8 Å². The highest BCUT2D eigenvalue weighted by Crippen LogP contribution is 2.35. The van der Waals surface area contributed by atoms with Crippen molar-refractivity contribution < 1.29 is 35.5 Å². The Labute approximate surface area is 238 Å². The lowest BCUT2D eigenvalue weighted by Gasteiger charge is -2.16. The molecular formula is C28H21F5N5O3S-. The average Bonchev–Trinajstić information content (AvgIpc) is 3.60. The van der Waals surface area contributed by atoms with E-state index in [9.17, 15) is 30.7 Å². The van der Waals surface area contributed by atoms with Crippen molar-refractivity contribution in [2.75, 3.05) is 0 Å². The van der Waals surface area contributed by atoms with Gasteiger partial charge >= 0.3 is 6.36 Å². The molecule has 0 fully saturated rings. The van der Waals surface area contributed by atoms with Gasteiger partial charge in [0, 0.05) is 23.1 Å². The summed E-state index contributed by atoms with van der Waals surface area (Å²) in [6.07, 6.45) is -2.67. The molecule has 0 aliphatic rings. The zero-order valence-electron chi connectivity index (χ0n) is 22.0. The number of ether oxygens (including phenoxy) is 1. The van der Waals surface area contributed by atoms with Crippen LogP contribution in [-0.2, 0) is 17.0 Å². The topological polar surface area (TPSA) is 97.9 Å². The molecule has 0 radical (unpaired) electrons. The highest BCUT2D eigenvalue weighted by molar-refractivity contribution is 7.79. The van der Waals surface area contributed by atoms with Gasteiger partial charge in [-0.1, -0.05) is 30.3 Å². The predicted octanol–water partition coefficient (Wildman–Crippen LogP) is 6.73. The molecule has 14 heteroatoms. The van der Waals surface area contributed by atoms with Gasteiger partial charge < -0.3 is 13.9 Å². The SMILES string of the molecule is CCC(F)(F)c1cn(-c2ccc(-c3cccc(S(=O)[O-])c3)cc2-n2nncc2-c2ccc(OC(F)(F)F)cc2)c(C)n1. The van der Waals surface area contributed by atoms with Gasteiger partial charge in [0.2, 0.25) is 0 Å². The van der Waals surface area contributed by atoms with Gasteiger partial charge in [-0.25, -0.2) is 9.67 Å². The number of hydrogen-bond donors (Lipinski definition) is 0. The second-order valence-corrected chi connectivity index (χ2v) is 10.1. The molecule has 218 valence electrons. The van der Waals surface area contributed by atoms with Crippen molar-refractivity contribution in [3.05, 3.63) is 90.6 Å². The fraction of sp³-hybridized carbons (Fsp3) is 0.179. The minimum absolute atomic E-state index is 0.0672. The van der Waals surface area contributed by atoms with Gasteiger partial charge in [-0.15, -0.1) is 18.3 Å². The lowest BCUT2D eigenvalue weighted by atomic mass is 10.0. The van der Waals surface area contributed by atoms with Crippen molar-refractivity contribution in [3.63, 3.8) is 0 Å². The summed E-state index contributed by atoms with van der Waals surface area (Å²) in [7, 11) is 0. The first-order valence-corrected chi connectivity index (χ1v) is 13.5. The number of aromatic nitrogens is 5. The van der Waals surface area contributed by atoms with Gasteiger partial charge in [0.25, 0.3) is 5.92 Å². The van der Waals surface area contributed by atoms with Gasteiger partial charge in [0.15, 0.2) is 0 Å². The first-order valence-electron chi connectivity index (χ1n) is 12.4. The summed E-state index contributed by atoms with van der Waals surface area (Å²) in [6, 6.07) is 16.3. The molecule has 3 aromatic carbocycles. The third-order valence-corrected chi connectivity index (χ3v) is 7.10. The first-order chi connectivity index (χ1) is 19.9. The zero-order chi connectivity index (χ0) is 30.2. The van der Waals surface area contributed by atoms with Gasteiger partial charge in [0.1, 0.15) is 17.3 Å². The van der Waals surface area contributed by atoms with Crippen molar-refractivity contribution in [3.8, 4) is 39.5 Å². The summed E-state index contributed by atoms with van der Waals surface area (Å²) in [5, 5.41) is 8.17. The van der Waals surface area contributed by atoms with Crippen LogP contribution in [0, 0.1) is 6.92 Å². The zero-order valence-corrected chi connectivity index (χ0v) is 22.8. The van der Waals surface area contributed by atoms with Crippen molar-refractivity contribution in [1.29, 1.82) is 0 Å². The summed E-state index contributed by atoms with van der Waals surface area (Å²) in [5.41, 5.74) is 2.29. The van der Waals surface area contributed by atoms with Gasteiger partial charge in [0.05, 0.1) is 23.3 Å². The summed E-state index contributed by atoms with van der Waals surface area (Å²) in [4.78, 5) is 4.14. The molecule has 2 heterocycles. The van der Waals surface area contributed by atoms with Crippen LogP contribution < -0.4 is 4.74 Å².